The lowest BCUT2D eigenvalue weighted by Gasteiger charge is -2.23. The summed E-state index contributed by atoms with van der Waals surface area (Å²) in [5.74, 6) is 0.972. The molecule has 0 radical (unpaired) electrons. The SMILES string of the molecule is Cc1nc(N(C)c2c(Cl)ccc3c2CCNCC3)cs1. The van der Waals surface area contributed by atoms with Crippen molar-refractivity contribution >= 4 is 34.4 Å². The van der Waals surface area contributed by atoms with Crippen LogP contribution in [0.4, 0.5) is 11.5 Å². The van der Waals surface area contributed by atoms with E-state index in [1.807, 2.05) is 20.0 Å². The van der Waals surface area contributed by atoms with Crippen LogP contribution in [0.2, 0.25) is 5.02 Å². The smallest absolute Gasteiger partial charge is 0.144 e. The molecule has 1 N–H and O–H groups in total. The third kappa shape index (κ3) is 2.55. The van der Waals surface area contributed by atoms with E-state index in [0.29, 0.717) is 0 Å². The second kappa shape index (κ2) is 5.72. The Kier molecular flexibility index (Phi) is 3.96. The maximum Gasteiger partial charge on any atom is 0.144 e. The highest BCUT2D eigenvalue weighted by Gasteiger charge is 2.19. The lowest BCUT2D eigenvalue weighted by atomic mass is 10.0. The van der Waals surface area contributed by atoms with Gasteiger partial charge in [-0.2, -0.15) is 0 Å². The van der Waals surface area contributed by atoms with Gasteiger partial charge in [0.2, 0.25) is 0 Å². The number of anilines is 2. The van der Waals surface area contributed by atoms with Crippen LogP contribution in [-0.4, -0.2) is 25.1 Å². The molecule has 0 unspecified atom stereocenters. The molecule has 0 spiro atoms. The summed E-state index contributed by atoms with van der Waals surface area (Å²) < 4.78 is 0. The summed E-state index contributed by atoms with van der Waals surface area (Å²) in [5, 5.41) is 7.41. The van der Waals surface area contributed by atoms with Gasteiger partial charge in [-0.15, -0.1) is 11.3 Å². The quantitative estimate of drug-likeness (QED) is 0.919. The topological polar surface area (TPSA) is 28.2 Å². The number of fused-ring (bicyclic) bond motifs is 1. The summed E-state index contributed by atoms with van der Waals surface area (Å²) in [6, 6.07) is 4.17. The summed E-state index contributed by atoms with van der Waals surface area (Å²) in [5.41, 5.74) is 3.86. The minimum absolute atomic E-state index is 0.804. The Morgan fingerprint density at radius 1 is 1.30 bits per heavy atom. The minimum Gasteiger partial charge on any atom is -0.327 e. The highest BCUT2D eigenvalue weighted by atomic mass is 35.5. The first kappa shape index (κ1) is 13.9. The van der Waals surface area contributed by atoms with Gasteiger partial charge in [0.15, 0.2) is 0 Å². The van der Waals surface area contributed by atoms with Crippen molar-refractivity contribution in [1.29, 1.82) is 0 Å². The predicted octanol–water partition coefficient (Wildman–Crippen LogP) is 3.56. The molecule has 0 bridgehead atoms. The van der Waals surface area contributed by atoms with E-state index in [1.54, 1.807) is 11.3 Å². The molecule has 0 atom stereocenters. The van der Waals surface area contributed by atoms with Gasteiger partial charge in [0.05, 0.1) is 15.7 Å². The van der Waals surface area contributed by atoms with Crippen LogP contribution in [0.1, 0.15) is 16.1 Å². The average molecular weight is 308 g/mol. The summed E-state index contributed by atoms with van der Waals surface area (Å²) in [6.45, 7) is 4.07. The molecule has 1 aromatic heterocycles. The number of rotatable bonds is 2. The second-order valence-corrected chi connectivity index (χ2v) is 6.54. The average Bonchev–Trinajstić information content (AvgIpc) is 2.72. The molecule has 2 aromatic rings. The van der Waals surface area contributed by atoms with E-state index in [2.05, 4.69) is 26.6 Å². The van der Waals surface area contributed by atoms with E-state index in [1.165, 1.54) is 11.1 Å². The fourth-order valence-corrected chi connectivity index (χ4v) is 3.64. The molecule has 0 saturated heterocycles. The zero-order valence-corrected chi connectivity index (χ0v) is 13.3. The van der Waals surface area contributed by atoms with E-state index < -0.39 is 0 Å². The Balaban J connectivity index is 2.08. The molecule has 20 heavy (non-hydrogen) atoms. The zero-order valence-electron chi connectivity index (χ0n) is 11.7. The molecule has 3 nitrogen and oxygen atoms in total. The molecule has 1 aromatic carbocycles. The summed E-state index contributed by atoms with van der Waals surface area (Å²) in [4.78, 5) is 6.69. The summed E-state index contributed by atoms with van der Waals surface area (Å²) >= 11 is 8.15. The second-order valence-electron chi connectivity index (χ2n) is 5.07. The maximum atomic E-state index is 6.48. The molecule has 5 heteroatoms. The van der Waals surface area contributed by atoms with Crippen LogP contribution >= 0.6 is 22.9 Å². The number of hydrogen-bond acceptors (Lipinski definition) is 4. The molecule has 2 heterocycles. The minimum atomic E-state index is 0.804. The van der Waals surface area contributed by atoms with E-state index in [0.717, 1.165) is 47.5 Å². The number of aryl methyl sites for hydroxylation is 1. The van der Waals surface area contributed by atoms with Crippen molar-refractivity contribution in [2.75, 3.05) is 25.0 Å². The highest BCUT2D eigenvalue weighted by molar-refractivity contribution is 7.09. The van der Waals surface area contributed by atoms with E-state index in [-0.39, 0.29) is 0 Å². The van der Waals surface area contributed by atoms with Crippen LogP contribution in [0.25, 0.3) is 0 Å². The van der Waals surface area contributed by atoms with Crippen molar-refractivity contribution in [1.82, 2.24) is 10.3 Å². The summed E-state index contributed by atoms with van der Waals surface area (Å²) in [6.07, 6.45) is 2.07. The lowest BCUT2D eigenvalue weighted by molar-refractivity contribution is 0.711. The molecule has 3 rings (SSSR count). The number of nitrogens with one attached hydrogen (secondary N) is 1. The van der Waals surface area contributed by atoms with Crippen LogP contribution in [0.3, 0.4) is 0 Å². The molecule has 1 aliphatic heterocycles. The third-order valence-electron chi connectivity index (χ3n) is 3.74. The van der Waals surface area contributed by atoms with Crippen molar-refractivity contribution < 1.29 is 0 Å². The third-order valence-corrected chi connectivity index (χ3v) is 4.81. The van der Waals surface area contributed by atoms with Gasteiger partial charge in [0.1, 0.15) is 5.82 Å². The molecular formula is C15H18ClN3S. The number of hydrogen-bond donors (Lipinski definition) is 1. The molecule has 0 saturated carbocycles. The highest BCUT2D eigenvalue weighted by Crippen LogP contribution is 2.37. The van der Waals surface area contributed by atoms with Gasteiger partial charge in [-0.05, 0) is 50.0 Å². The lowest BCUT2D eigenvalue weighted by Crippen LogP contribution is -2.17. The molecule has 106 valence electrons. The monoisotopic (exact) mass is 307 g/mol. The van der Waals surface area contributed by atoms with Gasteiger partial charge < -0.3 is 10.2 Å². The van der Waals surface area contributed by atoms with Gasteiger partial charge in [0.25, 0.3) is 0 Å². The van der Waals surface area contributed by atoms with E-state index in [4.69, 9.17) is 11.6 Å². The van der Waals surface area contributed by atoms with Crippen molar-refractivity contribution in [2.45, 2.75) is 19.8 Å². The normalized spacial score (nSPS) is 14.8. The zero-order chi connectivity index (χ0) is 14.1. The Bertz CT molecular complexity index is 624. The first-order valence-electron chi connectivity index (χ1n) is 6.83. The molecular weight excluding hydrogens is 290 g/mol. The number of thiazole rings is 1. The molecule has 0 fully saturated rings. The molecule has 0 aliphatic carbocycles. The largest absolute Gasteiger partial charge is 0.327 e. The van der Waals surface area contributed by atoms with Crippen molar-refractivity contribution in [3.8, 4) is 0 Å². The van der Waals surface area contributed by atoms with Crippen molar-refractivity contribution in [2.24, 2.45) is 0 Å². The Hall–Kier alpha value is -1.10. The predicted molar refractivity (Wildman–Crippen MR) is 86.6 cm³/mol. The molecule has 0 amide bonds. The Morgan fingerprint density at radius 3 is 2.85 bits per heavy atom. The number of aromatic nitrogens is 1. The maximum absolute atomic E-state index is 6.48. The van der Waals surface area contributed by atoms with Crippen LogP contribution in [-0.2, 0) is 12.8 Å². The first-order valence-corrected chi connectivity index (χ1v) is 8.09. The molecule has 1 aliphatic rings. The van der Waals surface area contributed by atoms with Crippen LogP contribution < -0.4 is 10.2 Å². The van der Waals surface area contributed by atoms with E-state index >= 15 is 0 Å². The fraction of sp³-hybridized carbons (Fsp3) is 0.400. The fourth-order valence-electron chi connectivity index (χ4n) is 2.71. The van der Waals surface area contributed by atoms with E-state index in [9.17, 15) is 0 Å². The van der Waals surface area contributed by atoms with Gasteiger partial charge in [-0.1, -0.05) is 17.7 Å². The Morgan fingerprint density at radius 2 is 2.10 bits per heavy atom. The van der Waals surface area contributed by atoms with Gasteiger partial charge in [-0.3, -0.25) is 0 Å². The van der Waals surface area contributed by atoms with Gasteiger partial charge in [-0.25, -0.2) is 4.98 Å². The number of nitrogens with zero attached hydrogens (tertiary/aromatic N) is 2. The first-order chi connectivity index (χ1) is 9.66. The standard InChI is InChI=1S/C15H18ClN3S/c1-10-18-14(9-20-10)19(2)15-12-6-8-17-7-5-11(12)3-4-13(15)16/h3-4,9,17H,5-8H2,1-2H3. The van der Waals surface area contributed by atoms with Crippen LogP contribution in [0.15, 0.2) is 17.5 Å². The number of halogens is 1. The van der Waals surface area contributed by atoms with Gasteiger partial charge in [0, 0.05) is 12.4 Å². The van der Waals surface area contributed by atoms with Gasteiger partial charge >= 0.3 is 0 Å². The Labute approximate surface area is 128 Å². The van der Waals surface area contributed by atoms with Crippen LogP contribution in [0, 0.1) is 6.92 Å². The summed E-state index contributed by atoms with van der Waals surface area (Å²) in [7, 11) is 2.05. The van der Waals surface area contributed by atoms with Crippen molar-refractivity contribution in [3.63, 3.8) is 0 Å². The number of benzene rings is 1. The van der Waals surface area contributed by atoms with Crippen molar-refractivity contribution in [3.05, 3.63) is 38.7 Å². The van der Waals surface area contributed by atoms with Crippen LogP contribution in [0.5, 0.6) is 0 Å².